The van der Waals surface area contributed by atoms with Gasteiger partial charge in [0.2, 0.25) is 0 Å². The number of rotatable bonds is 3. The summed E-state index contributed by atoms with van der Waals surface area (Å²) >= 11 is 0. The molecule has 0 saturated carbocycles. The van der Waals surface area contributed by atoms with Gasteiger partial charge in [-0.05, 0) is 18.4 Å². The van der Waals surface area contributed by atoms with Crippen LogP contribution in [-0.2, 0) is 9.84 Å². The van der Waals surface area contributed by atoms with Crippen LogP contribution in [0.3, 0.4) is 0 Å². The van der Waals surface area contributed by atoms with Crippen LogP contribution in [0.25, 0.3) is 0 Å². The fourth-order valence-corrected chi connectivity index (χ4v) is 3.79. The van der Waals surface area contributed by atoms with Gasteiger partial charge >= 0.3 is 0 Å². The third-order valence-corrected chi connectivity index (χ3v) is 4.70. The van der Waals surface area contributed by atoms with E-state index in [9.17, 15) is 18.3 Å². The summed E-state index contributed by atoms with van der Waals surface area (Å²) in [5.74, 6) is -0.134. The third kappa shape index (κ3) is 3.19. The molecule has 0 spiro atoms. The number of nitrogens with zero attached hydrogens (tertiary/aromatic N) is 1. The summed E-state index contributed by atoms with van der Waals surface area (Å²) in [5, 5.41) is 11.8. The van der Waals surface area contributed by atoms with E-state index in [1.54, 1.807) is 0 Å². The molecule has 0 bridgehead atoms. The normalized spacial score (nSPS) is 21.7. The number of pyridine rings is 1. The first kappa shape index (κ1) is 12.8. The Labute approximate surface area is 105 Å². The highest BCUT2D eigenvalue weighted by Gasteiger charge is 2.27. The number of carbonyl (C=O) groups excluding carboxylic acids is 1. The molecule has 0 radical (unpaired) electrons. The average molecular weight is 270 g/mol. The molecule has 1 unspecified atom stereocenters. The van der Waals surface area contributed by atoms with Crippen molar-refractivity contribution in [2.75, 3.05) is 18.1 Å². The molecule has 1 amide bonds. The zero-order valence-electron chi connectivity index (χ0n) is 9.67. The predicted octanol–water partition coefficient (Wildman–Crippen LogP) is -0.0483. The van der Waals surface area contributed by atoms with Gasteiger partial charge in [0, 0.05) is 12.7 Å². The summed E-state index contributed by atoms with van der Waals surface area (Å²) < 4.78 is 22.5. The Morgan fingerprint density at radius 2 is 2.28 bits per heavy atom. The average Bonchev–Trinajstić information content (AvgIpc) is 2.66. The lowest BCUT2D eigenvalue weighted by Gasteiger charge is -2.09. The zero-order valence-corrected chi connectivity index (χ0v) is 10.5. The number of nitrogens with one attached hydrogen (secondary N) is 1. The molecule has 1 aromatic heterocycles. The fourth-order valence-electron chi connectivity index (χ4n) is 1.92. The largest absolute Gasteiger partial charge is 0.506 e. The third-order valence-electron chi connectivity index (χ3n) is 2.86. The molecule has 0 aromatic carbocycles. The van der Waals surface area contributed by atoms with E-state index >= 15 is 0 Å². The molecular formula is C11H14N2O4S. The fraction of sp³-hybridized carbons (Fsp3) is 0.455. The van der Waals surface area contributed by atoms with E-state index < -0.39 is 9.84 Å². The Bertz CT molecular complexity index is 556. The molecule has 2 rings (SSSR count). The molecule has 1 aliphatic rings. The standard InChI is InChI=1S/C11H14N2O4S/c14-10-3-9(5-12-6-10)11(15)13-4-8-1-2-18(16,17)7-8/h3,5-6,8,14H,1-2,4,7H2,(H,13,15). The molecule has 1 aliphatic heterocycles. The van der Waals surface area contributed by atoms with Crippen LogP contribution in [0.4, 0.5) is 0 Å². The Kier molecular flexibility index (Phi) is 3.51. The smallest absolute Gasteiger partial charge is 0.252 e. The molecule has 1 fully saturated rings. The molecule has 7 heteroatoms. The quantitative estimate of drug-likeness (QED) is 0.803. The Morgan fingerprint density at radius 1 is 1.50 bits per heavy atom. The minimum atomic E-state index is -2.92. The van der Waals surface area contributed by atoms with Crippen molar-refractivity contribution in [3.63, 3.8) is 0 Å². The molecule has 1 atom stereocenters. The molecule has 1 saturated heterocycles. The van der Waals surface area contributed by atoms with E-state index in [0.717, 1.165) is 0 Å². The molecule has 18 heavy (non-hydrogen) atoms. The van der Waals surface area contributed by atoms with Crippen LogP contribution >= 0.6 is 0 Å². The molecule has 0 aliphatic carbocycles. The van der Waals surface area contributed by atoms with E-state index in [1.165, 1.54) is 18.5 Å². The van der Waals surface area contributed by atoms with E-state index in [1.807, 2.05) is 0 Å². The number of hydrogen-bond acceptors (Lipinski definition) is 5. The molecule has 2 heterocycles. The lowest BCUT2D eigenvalue weighted by Crippen LogP contribution is -2.29. The molecular weight excluding hydrogens is 256 g/mol. The maximum atomic E-state index is 11.7. The van der Waals surface area contributed by atoms with Crippen LogP contribution in [0.1, 0.15) is 16.8 Å². The maximum absolute atomic E-state index is 11.7. The number of hydrogen-bond donors (Lipinski definition) is 2. The molecule has 6 nitrogen and oxygen atoms in total. The first-order chi connectivity index (χ1) is 8.46. The van der Waals surface area contributed by atoms with Gasteiger partial charge in [0.25, 0.3) is 5.91 Å². The zero-order chi connectivity index (χ0) is 13.2. The van der Waals surface area contributed by atoms with Crippen LogP contribution < -0.4 is 5.32 Å². The van der Waals surface area contributed by atoms with E-state index in [-0.39, 0.29) is 34.6 Å². The van der Waals surface area contributed by atoms with Crippen molar-refractivity contribution in [2.24, 2.45) is 5.92 Å². The number of aromatic hydroxyl groups is 1. The van der Waals surface area contributed by atoms with Gasteiger partial charge in [-0.15, -0.1) is 0 Å². The van der Waals surface area contributed by atoms with E-state index in [2.05, 4.69) is 10.3 Å². The SMILES string of the molecule is O=C(NCC1CCS(=O)(=O)C1)c1cncc(O)c1. The van der Waals surface area contributed by atoms with Gasteiger partial charge in [-0.3, -0.25) is 9.78 Å². The van der Waals surface area contributed by atoms with Crippen molar-refractivity contribution >= 4 is 15.7 Å². The van der Waals surface area contributed by atoms with Gasteiger partial charge in [0.05, 0.1) is 23.3 Å². The number of sulfone groups is 1. The highest BCUT2D eigenvalue weighted by molar-refractivity contribution is 7.91. The molecule has 1 aromatic rings. The summed E-state index contributed by atoms with van der Waals surface area (Å²) in [5.41, 5.74) is 0.260. The first-order valence-corrected chi connectivity index (χ1v) is 7.41. The van der Waals surface area contributed by atoms with Gasteiger partial charge in [0.15, 0.2) is 9.84 Å². The summed E-state index contributed by atoms with van der Waals surface area (Å²) in [4.78, 5) is 15.4. The summed E-state index contributed by atoms with van der Waals surface area (Å²) in [6, 6.07) is 1.31. The second kappa shape index (κ2) is 4.93. The number of carbonyl (C=O) groups is 1. The van der Waals surface area contributed by atoms with Crippen LogP contribution in [-0.4, -0.2) is 42.5 Å². The van der Waals surface area contributed by atoms with Crippen molar-refractivity contribution < 1.29 is 18.3 Å². The van der Waals surface area contributed by atoms with Crippen molar-refractivity contribution in [3.05, 3.63) is 24.0 Å². The van der Waals surface area contributed by atoms with Crippen LogP contribution in [0.2, 0.25) is 0 Å². The first-order valence-electron chi connectivity index (χ1n) is 5.59. The van der Waals surface area contributed by atoms with Crippen LogP contribution in [0, 0.1) is 5.92 Å². The topological polar surface area (TPSA) is 96.4 Å². The summed E-state index contributed by atoms with van der Waals surface area (Å²) in [7, 11) is -2.92. The Balaban J connectivity index is 1.90. The monoisotopic (exact) mass is 270 g/mol. The van der Waals surface area contributed by atoms with Crippen molar-refractivity contribution in [2.45, 2.75) is 6.42 Å². The maximum Gasteiger partial charge on any atom is 0.252 e. The summed E-state index contributed by atoms with van der Waals surface area (Å²) in [6.45, 7) is 0.327. The number of amides is 1. The number of aromatic nitrogens is 1. The summed E-state index contributed by atoms with van der Waals surface area (Å²) in [6.07, 6.45) is 3.17. The van der Waals surface area contributed by atoms with Gasteiger partial charge in [-0.25, -0.2) is 8.42 Å². The lowest BCUT2D eigenvalue weighted by atomic mass is 10.1. The molecule has 98 valence electrons. The van der Waals surface area contributed by atoms with Gasteiger partial charge in [-0.1, -0.05) is 0 Å². The minimum absolute atomic E-state index is 0.0239. The predicted molar refractivity (Wildman–Crippen MR) is 65.0 cm³/mol. The van der Waals surface area contributed by atoms with Crippen molar-refractivity contribution in [3.8, 4) is 5.75 Å². The van der Waals surface area contributed by atoms with E-state index in [0.29, 0.717) is 13.0 Å². The minimum Gasteiger partial charge on any atom is -0.506 e. The van der Waals surface area contributed by atoms with Gasteiger partial charge < -0.3 is 10.4 Å². The Morgan fingerprint density at radius 3 is 2.89 bits per heavy atom. The van der Waals surface area contributed by atoms with Crippen molar-refractivity contribution in [1.29, 1.82) is 0 Å². The Hall–Kier alpha value is -1.63. The second-order valence-electron chi connectivity index (χ2n) is 4.41. The van der Waals surface area contributed by atoms with Crippen LogP contribution in [0.15, 0.2) is 18.5 Å². The van der Waals surface area contributed by atoms with Crippen molar-refractivity contribution in [1.82, 2.24) is 10.3 Å². The van der Waals surface area contributed by atoms with Crippen LogP contribution in [0.5, 0.6) is 5.75 Å². The lowest BCUT2D eigenvalue weighted by molar-refractivity contribution is 0.0947. The molecule has 2 N–H and O–H groups in total. The van der Waals surface area contributed by atoms with E-state index in [4.69, 9.17) is 0 Å². The van der Waals surface area contributed by atoms with Gasteiger partial charge in [-0.2, -0.15) is 0 Å². The van der Waals surface area contributed by atoms with Gasteiger partial charge in [0.1, 0.15) is 5.75 Å². The second-order valence-corrected chi connectivity index (χ2v) is 6.64. The highest BCUT2D eigenvalue weighted by atomic mass is 32.2. The highest BCUT2D eigenvalue weighted by Crippen LogP contribution is 2.17.